The lowest BCUT2D eigenvalue weighted by atomic mass is 10.2. The zero-order valence-electron chi connectivity index (χ0n) is 11.3. The normalized spacial score (nSPS) is 19.1. The van der Waals surface area contributed by atoms with Crippen LogP contribution in [0.15, 0.2) is 0 Å². The molecule has 1 N–H and O–H groups in total. The van der Waals surface area contributed by atoms with Crippen molar-refractivity contribution in [3.05, 3.63) is 15.8 Å². The highest BCUT2D eigenvalue weighted by Gasteiger charge is 2.34. The molecule has 1 saturated heterocycles. The molecule has 1 atom stereocenters. The summed E-state index contributed by atoms with van der Waals surface area (Å²) in [5.74, 6) is 0.966. The van der Waals surface area contributed by atoms with Crippen LogP contribution in [0.1, 0.15) is 12.1 Å². The number of carboxylic acids is 1. The number of aryl methyl sites for hydroxylation is 2. The lowest BCUT2D eigenvalue weighted by Gasteiger charge is -2.35. The number of thioether (sulfide) groups is 1. The Balaban J connectivity index is 2.42. The Labute approximate surface area is 119 Å². The van der Waals surface area contributed by atoms with E-state index in [2.05, 4.69) is 5.10 Å². The molecule has 1 aliphatic rings. The second-order valence-corrected chi connectivity index (χ2v) is 5.81. The summed E-state index contributed by atoms with van der Waals surface area (Å²) in [4.78, 5) is 23.6. The Bertz CT molecular complexity index is 545. The van der Waals surface area contributed by atoms with Gasteiger partial charge in [-0.1, -0.05) is 0 Å². The molecule has 110 valence electrons. The molecule has 1 aliphatic heterocycles. The number of aromatic nitrogens is 2. The van der Waals surface area contributed by atoms with Crippen LogP contribution in [0.4, 0.5) is 11.5 Å². The van der Waals surface area contributed by atoms with Gasteiger partial charge >= 0.3 is 11.7 Å². The molecule has 1 unspecified atom stereocenters. The molecule has 0 saturated carbocycles. The van der Waals surface area contributed by atoms with Gasteiger partial charge in [0.1, 0.15) is 5.69 Å². The van der Waals surface area contributed by atoms with Crippen molar-refractivity contribution >= 4 is 29.2 Å². The third-order valence-electron chi connectivity index (χ3n) is 3.25. The average molecular weight is 300 g/mol. The van der Waals surface area contributed by atoms with Crippen molar-refractivity contribution in [1.29, 1.82) is 0 Å². The minimum atomic E-state index is -0.899. The largest absolute Gasteiger partial charge is 0.481 e. The number of aliphatic carboxylic acids is 1. The predicted molar refractivity (Wildman–Crippen MR) is 75.3 cm³/mol. The van der Waals surface area contributed by atoms with Crippen molar-refractivity contribution in [2.45, 2.75) is 19.4 Å². The van der Waals surface area contributed by atoms with Crippen LogP contribution in [-0.2, 0) is 11.8 Å². The molecule has 0 radical (unpaired) electrons. The monoisotopic (exact) mass is 300 g/mol. The Hall–Kier alpha value is -1.77. The van der Waals surface area contributed by atoms with E-state index in [9.17, 15) is 14.9 Å². The molecule has 20 heavy (non-hydrogen) atoms. The predicted octanol–water partition coefficient (Wildman–Crippen LogP) is 1.03. The van der Waals surface area contributed by atoms with Gasteiger partial charge in [0.15, 0.2) is 0 Å². The highest BCUT2D eigenvalue weighted by atomic mass is 32.2. The Morgan fingerprint density at radius 3 is 2.95 bits per heavy atom. The Morgan fingerprint density at radius 1 is 1.65 bits per heavy atom. The molecule has 1 fully saturated rings. The van der Waals surface area contributed by atoms with Crippen molar-refractivity contribution in [3.8, 4) is 0 Å². The molecule has 0 amide bonds. The Morgan fingerprint density at radius 2 is 2.35 bits per heavy atom. The van der Waals surface area contributed by atoms with Crippen LogP contribution in [0.2, 0.25) is 0 Å². The van der Waals surface area contributed by atoms with Gasteiger partial charge in [-0.25, -0.2) is 4.68 Å². The fraction of sp³-hybridized carbons (Fsp3) is 0.636. The zero-order chi connectivity index (χ0) is 14.9. The first-order valence-electron chi connectivity index (χ1n) is 6.16. The fourth-order valence-corrected chi connectivity index (χ4v) is 3.54. The van der Waals surface area contributed by atoms with Gasteiger partial charge in [-0.15, -0.1) is 0 Å². The zero-order valence-corrected chi connectivity index (χ0v) is 12.1. The molecule has 8 nitrogen and oxygen atoms in total. The van der Waals surface area contributed by atoms with Gasteiger partial charge in [-0.2, -0.15) is 16.9 Å². The molecule has 0 aromatic carbocycles. The maximum atomic E-state index is 11.2. The number of nitro groups is 1. The van der Waals surface area contributed by atoms with Crippen molar-refractivity contribution in [2.75, 3.05) is 23.0 Å². The van der Waals surface area contributed by atoms with E-state index in [4.69, 9.17) is 5.11 Å². The topological polar surface area (TPSA) is 102 Å². The quantitative estimate of drug-likeness (QED) is 0.654. The summed E-state index contributed by atoms with van der Waals surface area (Å²) in [6.07, 6.45) is -0.0334. The molecule has 2 rings (SSSR count). The molecule has 0 bridgehead atoms. The second-order valence-electron chi connectivity index (χ2n) is 4.66. The van der Waals surface area contributed by atoms with Gasteiger partial charge in [0, 0.05) is 25.1 Å². The van der Waals surface area contributed by atoms with E-state index in [1.165, 1.54) is 4.68 Å². The molecule has 1 aromatic heterocycles. The van der Waals surface area contributed by atoms with Crippen molar-refractivity contribution < 1.29 is 14.8 Å². The van der Waals surface area contributed by atoms with Gasteiger partial charge < -0.3 is 10.0 Å². The van der Waals surface area contributed by atoms with E-state index in [-0.39, 0.29) is 18.2 Å². The van der Waals surface area contributed by atoms with Gasteiger partial charge in [0.25, 0.3) is 0 Å². The third-order valence-corrected chi connectivity index (χ3v) is 4.35. The molecular weight excluding hydrogens is 284 g/mol. The first kappa shape index (κ1) is 14.6. The molecule has 2 heterocycles. The number of anilines is 1. The number of carboxylic acid groups (broad SMARTS) is 1. The number of hydrogen-bond acceptors (Lipinski definition) is 6. The summed E-state index contributed by atoms with van der Waals surface area (Å²) >= 11 is 1.67. The van der Waals surface area contributed by atoms with Crippen LogP contribution in [-0.4, -0.2) is 49.9 Å². The van der Waals surface area contributed by atoms with E-state index < -0.39 is 10.9 Å². The van der Waals surface area contributed by atoms with Crippen molar-refractivity contribution in [3.63, 3.8) is 0 Å². The first-order chi connectivity index (χ1) is 9.41. The summed E-state index contributed by atoms with van der Waals surface area (Å²) < 4.78 is 1.47. The van der Waals surface area contributed by atoms with Crippen LogP contribution < -0.4 is 4.90 Å². The van der Waals surface area contributed by atoms with E-state index in [1.54, 1.807) is 25.7 Å². The lowest BCUT2D eigenvalue weighted by Crippen LogP contribution is -2.44. The maximum Gasteiger partial charge on any atom is 0.333 e. The molecular formula is C11H16N4O4S. The highest BCUT2D eigenvalue weighted by molar-refractivity contribution is 7.99. The minimum absolute atomic E-state index is 0.0326. The van der Waals surface area contributed by atoms with Gasteiger partial charge in [0.2, 0.25) is 5.82 Å². The van der Waals surface area contributed by atoms with Gasteiger partial charge in [0.05, 0.1) is 17.4 Å². The smallest absolute Gasteiger partial charge is 0.333 e. The van der Waals surface area contributed by atoms with E-state index in [1.807, 2.05) is 4.90 Å². The summed E-state index contributed by atoms with van der Waals surface area (Å²) in [5.41, 5.74) is 0.314. The first-order valence-corrected chi connectivity index (χ1v) is 7.31. The summed E-state index contributed by atoms with van der Waals surface area (Å²) in [5, 5.41) is 24.3. The molecule has 0 aliphatic carbocycles. The van der Waals surface area contributed by atoms with Crippen molar-refractivity contribution in [1.82, 2.24) is 9.78 Å². The number of rotatable bonds is 4. The number of hydrogen-bond donors (Lipinski definition) is 1. The lowest BCUT2D eigenvalue weighted by molar-refractivity contribution is -0.384. The van der Waals surface area contributed by atoms with E-state index >= 15 is 0 Å². The summed E-state index contributed by atoms with van der Waals surface area (Å²) in [6, 6.07) is -0.250. The average Bonchev–Trinajstić information content (AvgIpc) is 2.64. The SMILES string of the molecule is Cc1nn(C)c(N2CCSCC2CC(=O)O)c1[N+](=O)[O-]. The van der Waals surface area contributed by atoms with Crippen LogP contribution in [0, 0.1) is 17.0 Å². The number of carbonyl (C=O) groups is 1. The fourth-order valence-electron chi connectivity index (χ4n) is 2.47. The van der Waals surface area contributed by atoms with Gasteiger partial charge in [-0.3, -0.25) is 14.9 Å². The molecule has 0 spiro atoms. The van der Waals surface area contributed by atoms with Crippen LogP contribution in [0.25, 0.3) is 0 Å². The van der Waals surface area contributed by atoms with Crippen LogP contribution >= 0.6 is 11.8 Å². The standard InChI is InChI=1S/C11H16N4O4S/c1-7-10(15(18)19)11(13(2)12-7)14-3-4-20-6-8(14)5-9(16)17/h8H,3-6H2,1-2H3,(H,16,17). The van der Waals surface area contributed by atoms with Gasteiger partial charge in [-0.05, 0) is 6.92 Å². The van der Waals surface area contributed by atoms with Crippen LogP contribution in [0.5, 0.6) is 0 Å². The van der Waals surface area contributed by atoms with Crippen molar-refractivity contribution in [2.24, 2.45) is 7.05 Å². The summed E-state index contributed by atoms with van der Waals surface area (Å²) in [6.45, 7) is 2.18. The van der Waals surface area contributed by atoms with E-state index in [0.29, 0.717) is 23.8 Å². The van der Waals surface area contributed by atoms with Crippen LogP contribution in [0.3, 0.4) is 0 Å². The third kappa shape index (κ3) is 2.72. The highest BCUT2D eigenvalue weighted by Crippen LogP contribution is 2.35. The summed E-state index contributed by atoms with van der Waals surface area (Å²) in [7, 11) is 1.65. The Kier molecular flexibility index (Phi) is 4.17. The minimum Gasteiger partial charge on any atom is -0.481 e. The maximum absolute atomic E-state index is 11.2. The van der Waals surface area contributed by atoms with E-state index in [0.717, 1.165) is 5.75 Å². The number of nitrogens with zero attached hydrogens (tertiary/aromatic N) is 4. The molecule has 9 heteroatoms. The second kappa shape index (κ2) is 5.70. The molecule has 1 aromatic rings.